The van der Waals surface area contributed by atoms with Crippen molar-refractivity contribution in [1.29, 1.82) is 0 Å². The van der Waals surface area contributed by atoms with Crippen LogP contribution in [0.15, 0.2) is 12.1 Å². The van der Waals surface area contributed by atoms with E-state index in [0.717, 1.165) is 25.4 Å². The summed E-state index contributed by atoms with van der Waals surface area (Å²) in [4.78, 5) is 2.31. The van der Waals surface area contributed by atoms with E-state index < -0.39 is 6.10 Å². The van der Waals surface area contributed by atoms with Crippen molar-refractivity contribution in [2.24, 2.45) is 0 Å². The van der Waals surface area contributed by atoms with Gasteiger partial charge in [0, 0.05) is 6.54 Å². The maximum absolute atomic E-state index is 10.0. The molecule has 0 aliphatic carbocycles. The van der Waals surface area contributed by atoms with E-state index in [4.69, 9.17) is 4.74 Å². The Labute approximate surface area is 116 Å². The quantitative estimate of drug-likeness (QED) is 0.885. The zero-order chi connectivity index (χ0) is 13.8. The number of aryl methyl sites for hydroxylation is 2. The first kappa shape index (κ1) is 14.4. The fourth-order valence-electron chi connectivity index (χ4n) is 2.65. The third kappa shape index (κ3) is 3.95. The molecule has 1 aliphatic heterocycles. The number of β-amino-alcohol motifs (C(OH)–C–C–N with tert-alkyl or cyclic N) is 1. The number of aliphatic hydroxyl groups excluding tert-OH is 1. The van der Waals surface area contributed by atoms with Gasteiger partial charge in [0.15, 0.2) is 0 Å². The van der Waals surface area contributed by atoms with Crippen LogP contribution in [0.25, 0.3) is 0 Å². The summed E-state index contributed by atoms with van der Waals surface area (Å²) in [5, 5.41) is 10.0. The highest BCUT2D eigenvalue weighted by atomic mass is 16.5. The lowest BCUT2D eigenvalue weighted by molar-refractivity contribution is 0.0755. The maximum Gasteiger partial charge on any atom is 0.122 e. The molecule has 0 saturated carbocycles. The molecule has 1 saturated heterocycles. The largest absolute Gasteiger partial charge is 0.491 e. The van der Waals surface area contributed by atoms with E-state index in [0.29, 0.717) is 6.61 Å². The van der Waals surface area contributed by atoms with Crippen molar-refractivity contribution in [3.05, 3.63) is 28.8 Å². The molecule has 1 aromatic carbocycles. The molecule has 0 amide bonds. The van der Waals surface area contributed by atoms with Crippen LogP contribution in [0, 0.1) is 20.8 Å². The van der Waals surface area contributed by atoms with Gasteiger partial charge in [-0.2, -0.15) is 0 Å². The van der Waals surface area contributed by atoms with Gasteiger partial charge >= 0.3 is 0 Å². The average Bonchev–Trinajstić information content (AvgIpc) is 2.84. The van der Waals surface area contributed by atoms with Gasteiger partial charge in [0.1, 0.15) is 18.5 Å². The lowest BCUT2D eigenvalue weighted by Crippen LogP contribution is -2.33. The van der Waals surface area contributed by atoms with Gasteiger partial charge in [-0.1, -0.05) is 6.07 Å². The number of ether oxygens (including phenoxy) is 1. The molecule has 1 aromatic rings. The van der Waals surface area contributed by atoms with Gasteiger partial charge in [0.2, 0.25) is 0 Å². The van der Waals surface area contributed by atoms with Crippen molar-refractivity contribution < 1.29 is 9.84 Å². The molecule has 0 radical (unpaired) electrons. The van der Waals surface area contributed by atoms with Crippen LogP contribution < -0.4 is 4.74 Å². The molecular formula is C16H25NO2. The van der Waals surface area contributed by atoms with E-state index in [2.05, 4.69) is 31.7 Å². The summed E-state index contributed by atoms with van der Waals surface area (Å²) in [6.45, 7) is 9.55. The molecule has 3 heteroatoms. The lowest BCUT2D eigenvalue weighted by atomic mass is 10.1. The second-order valence-electron chi connectivity index (χ2n) is 5.68. The number of hydrogen-bond donors (Lipinski definition) is 1. The third-order valence-corrected chi connectivity index (χ3v) is 3.86. The van der Waals surface area contributed by atoms with E-state index in [1.54, 1.807) is 0 Å². The number of rotatable bonds is 5. The molecule has 0 spiro atoms. The Morgan fingerprint density at radius 3 is 2.58 bits per heavy atom. The zero-order valence-corrected chi connectivity index (χ0v) is 12.3. The Morgan fingerprint density at radius 1 is 1.21 bits per heavy atom. The number of benzene rings is 1. The first-order chi connectivity index (χ1) is 9.06. The summed E-state index contributed by atoms with van der Waals surface area (Å²) < 4.78 is 5.79. The Morgan fingerprint density at radius 2 is 1.89 bits per heavy atom. The van der Waals surface area contributed by atoms with Crippen molar-refractivity contribution >= 4 is 0 Å². The zero-order valence-electron chi connectivity index (χ0n) is 12.3. The van der Waals surface area contributed by atoms with Crippen LogP contribution in [-0.2, 0) is 0 Å². The first-order valence-corrected chi connectivity index (χ1v) is 7.17. The number of hydrogen-bond acceptors (Lipinski definition) is 3. The van der Waals surface area contributed by atoms with Crippen molar-refractivity contribution in [3.8, 4) is 5.75 Å². The summed E-state index contributed by atoms with van der Waals surface area (Å²) in [6.07, 6.45) is 2.10. The SMILES string of the molecule is Cc1cc(C)c(C)c(OC[C@@H](O)CN2CCCC2)c1. The van der Waals surface area contributed by atoms with Gasteiger partial charge in [0.05, 0.1) is 0 Å². The Hall–Kier alpha value is -1.06. The number of nitrogens with zero attached hydrogens (tertiary/aromatic N) is 1. The van der Waals surface area contributed by atoms with Crippen LogP contribution in [0.3, 0.4) is 0 Å². The summed E-state index contributed by atoms with van der Waals surface area (Å²) in [6, 6.07) is 4.20. The molecule has 2 rings (SSSR count). The molecular weight excluding hydrogens is 238 g/mol. The lowest BCUT2D eigenvalue weighted by Gasteiger charge is -2.20. The van der Waals surface area contributed by atoms with Crippen LogP contribution in [0.2, 0.25) is 0 Å². The van der Waals surface area contributed by atoms with Crippen molar-refractivity contribution in [3.63, 3.8) is 0 Å². The standard InChI is InChI=1S/C16H25NO2/c1-12-8-13(2)14(3)16(9-12)19-11-15(18)10-17-6-4-5-7-17/h8-9,15,18H,4-7,10-11H2,1-3H3/t15-/m0/s1. The van der Waals surface area contributed by atoms with Crippen LogP contribution >= 0.6 is 0 Å². The van der Waals surface area contributed by atoms with Gasteiger partial charge in [-0.3, -0.25) is 0 Å². The minimum Gasteiger partial charge on any atom is -0.491 e. The first-order valence-electron chi connectivity index (χ1n) is 7.17. The number of likely N-dealkylation sites (tertiary alicyclic amines) is 1. The van der Waals surface area contributed by atoms with Crippen LogP contribution in [0.5, 0.6) is 5.75 Å². The Kier molecular flexibility index (Phi) is 4.83. The van der Waals surface area contributed by atoms with Gasteiger partial charge in [0.25, 0.3) is 0 Å². The highest BCUT2D eigenvalue weighted by Crippen LogP contribution is 2.23. The molecule has 3 nitrogen and oxygen atoms in total. The summed E-state index contributed by atoms with van der Waals surface area (Å²) >= 11 is 0. The summed E-state index contributed by atoms with van der Waals surface area (Å²) in [5.41, 5.74) is 3.61. The molecule has 106 valence electrons. The highest BCUT2D eigenvalue weighted by Gasteiger charge is 2.16. The van der Waals surface area contributed by atoms with E-state index in [9.17, 15) is 5.11 Å². The molecule has 0 bridgehead atoms. The second kappa shape index (κ2) is 6.40. The summed E-state index contributed by atoms with van der Waals surface area (Å²) in [5.74, 6) is 0.901. The van der Waals surface area contributed by atoms with Gasteiger partial charge in [-0.05, 0) is 69.5 Å². The van der Waals surface area contributed by atoms with E-state index in [-0.39, 0.29) is 0 Å². The average molecular weight is 263 g/mol. The van der Waals surface area contributed by atoms with Crippen LogP contribution in [0.4, 0.5) is 0 Å². The van der Waals surface area contributed by atoms with E-state index in [1.807, 2.05) is 6.07 Å². The van der Waals surface area contributed by atoms with Crippen LogP contribution in [-0.4, -0.2) is 42.4 Å². The molecule has 1 fully saturated rings. The molecule has 1 atom stereocenters. The second-order valence-corrected chi connectivity index (χ2v) is 5.68. The van der Waals surface area contributed by atoms with Crippen LogP contribution in [0.1, 0.15) is 29.5 Å². The van der Waals surface area contributed by atoms with Gasteiger partial charge in [-0.15, -0.1) is 0 Å². The Bertz CT molecular complexity index is 425. The molecule has 19 heavy (non-hydrogen) atoms. The summed E-state index contributed by atoms with van der Waals surface area (Å²) in [7, 11) is 0. The third-order valence-electron chi connectivity index (χ3n) is 3.86. The number of aliphatic hydroxyl groups is 1. The predicted octanol–water partition coefficient (Wildman–Crippen LogP) is 2.45. The monoisotopic (exact) mass is 263 g/mol. The van der Waals surface area contributed by atoms with Crippen molar-refractivity contribution in [2.75, 3.05) is 26.2 Å². The minimum absolute atomic E-state index is 0.375. The molecule has 1 N–H and O–H groups in total. The molecule has 1 aliphatic rings. The van der Waals surface area contributed by atoms with E-state index in [1.165, 1.54) is 29.5 Å². The molecule has 1 heterocycles. The fraction of sp³-hybridized carbons (Fsp3) is 0.625. The Balaban J connectivity index is 1.87. The van der Waals surface area contributed by atoms with Gasteiger partial charge < -0.3 is 14.7 Å². The van der Waals surface area contributed by atoms with E-state index >= 15 is 0 Å². The maximum atomic E-state index is 10.0. The normalized spacial score (nSPS) is 17.7. The predicted molar refractivity (Wildman–Crippen MR) is 77.8 cm³/mol. The molecule has 0 unspecified atom stereocenters. The van der Waals surface area contributed by atoms with Crippen molar-refractivity contribution in [2.45, 2.75) is 39.7 Å². The van der Waals surface area contributed by atoms with Gasteiger partial charge in [-0.25, -0.2) is 0 Å². The fourth-order valence-corrected chi connectivity index (χ4v) is 2.65. The molecule has 0 aromatic heterocycles. The topological polar surface area (TPSA) is 32.7 Å². The minimum atomic E-state index is -0.404. The highest BCUT2D eigenvalue weighted by molar-refractivity contribution is 5.41. The smallest absolute Gasteiger partial charge is 0.122 e. The van der Waals surface area contributed by atoms with Crippen molar-refractivity contribution in [1.82, 2.24) is 4.90 Å².